The summed E-state index contributed by atoms with van der Waals surface area (Å²) < 4.78 is 20.4. The lowest BCUT2D eigenvalue weighted by molar-refractivity contribution is -0.120. The van der Waals surface area contributed by atoms with E-state index in [0.717, 1.165) is 34.9 Å². The van der Waals surface area contributed by atoms with Crippen LogP contribution < -0.4 is 20.3 Å². The number of anilines is 2. The van der Waals surface area contributed by atoms with Gasteiger partial charge in [0.15, 0.2) is 0 Å². The van der Waals surface area contributed by atoms with Gasteiger partial charge in [-0.1, -0.05) is 31.2 Å². The molecule has 0 aliphatic carbocycles. The lowest BCUT2D eigenvalue weighted by atomic mass is 10.0. The molecule has 2 aromatic heterocycles. The van der Waals surface area contributed by atoms with E-state index >= 15 is 0 Å². The predicted molar refractivity (Wildman–Crippen MR) is 152 cm³/mol. The van der Waals surface area contributed by atoms with E-state index in [4.69, 9.17) is 4.74 Å². The third kappa shape index (κ3) is 5.06. The second-order valence-corrected chi connectivity index (χ2v) is 10.4. The van der Waals surface area contributed by atoms with Gasteiger partial charge in [0.25, 0.3) is 0 Å². The molecule has 1 amide bonds. The largest absolute Gasteiger partial charge is 0.437 e. The van der Waals surface area contributed by atoms with Gasteiger partial charge in [0, 0.05) is 61.2 Å². The third-order valence-corrected chi connectivity index (χ3v) is 7.72. The van der Waals surface area contributed by atoms with Crippen LogP contribution >= 0.6 is 0 Å². The molecule has 2 aromatic carbocycles. The first kappa shape index (κ1) is 26.1. The molecule has 0 bridgehead atoms. The molecule has 206 valence electrons. The van der Waals surface area contributed by atoms with Crippen LogP contribution in [0.25, 0.3) is 22.0 Å². The van der Waals surface area contributed by atoms with Gasteiger partial charge in [0.2, 0.25) is 17.7 Å². The van der Waals surface area contributed by atoms with Crippen LogP contribution in [0.4, 0.5) is 16.0 Å². The Morgan fingerprint density at radius 3 is 2.88 bits per heavy atom. The van der Waals surface area contributed by atoms with E-state index in [0.29, 0.717) is 54.9 Å². The van der Waals surface area contributed by atoms with Crippen molar-refractivity contribution < 1.29 is 13.9 Å². The van der Waals surface area contributed by atoms with Gasteiger partial charge in [-0.15, -0.1) is 0 Å². The van der Waals surface area contributed by atoms with Crippen LogP contribution in [0.1, 0.15) is 31.7 Å². The molecule has 4 aromatic rings. The zero-order valence-electron chi connectivity index (χ0n) is 22.6. The zero-order chi connectivity index (χ0) is 27.6. The van der Waals surface area contributed by atoms with E-state index in [-0.39, 0.29) is 17.9 Å². The molecule has 2 aliphatic rings. The number of rotatable bonds is 7. The number of alkyl halides is 1. The molecule has 0 spiro atoms. The maximum Gasteiger partial charge on any atom is 0.231 e. The highest BCUT2D eigenvalue weighted by atomic mass is 19.1. The van der Waals surface area contributed by atoms with E-state index in [1.54, 1.807) is 18.5 Å². The minimum Gasteiger partial charge on any atom is -0.437 e. The molecule has 0 saturated carbocycles. The number of halogens is 1. The molecule has 1 unspecified atom stereocenters. The Morgan fingerprint density at radius 1 is 1.15 bits per heavy atom. The molecule has 2 aliphatic heterocycles. The Labute approximate surface area is 232 Å². The first-order chi connectivity index (χ1) is 19.5. The van der Waals surface area contributed by atoms with Gasteiger partial charge in [-0.2, -0.15) is 0 Å². The minimum atomic E-state index is -0.905. The quantitative estimate of drug-likeness (QED) is 0.335. The van der Waals surface area contributed by atoms with Gasteiger partial charge < -0.3 is 20.3 Å². The van der Waals surface area contributed by atoms with E-state index < -0.39 is 6.17 Å². The molecule has 0 radical (unpaired) electrons. The van der Waals surface area contributed by atoms with Crippen molar-refractivity contribution >= 4 is 28.3 Å². The smallest absolute Gasteiger partial charge is 0.231 e. The summed E-state index contributed by atoms with van der Waals surface area (Å²) in [6, 6.07) is 11.7. The number of ether oxygens (including phenoxy) is 1. The number of aromatic nitrogens is 4. The second-order valence-electron chi connectivity index (χ2n) is 10.4. The highest BCUT2D eigenvalue weighted by Gasteiger charge is 2.32. The molecule has 2 N–H and O–H groups in total. The number of hydrogen-bond donors (Lipinski definition) is 2. The average molecular weight is 542 g/mol. The molecular weight excluding hydrogens is 509 g/mol. The Hall–Kier alpha value is -4.18. The number of fused-ring (bicyclic) bond motifs is 1. The first-order valence-electron chi connectivity index (χ1n) is 13.8. The maximum absolute atomic E-state index is 13.9. The van der Waals surface area contributed by atoms with Crippen LogP contribution in [0.5, 0.6) is 11.6 Å². The summed E-state index contributed by atoms with van der Waals surface area (Å²) in [7, 11) is 0. The number of hydrogen-bond acceptors (Lipinski definition) is 8. The van der Waals surface area contributed by atoms with Gasteiger partial charge in [0.1, 0.15) is 18.2 Å². The Bertz CT molecular complexity index is 1550. The van der Waals surface area contributed by atoms with Crippen molar-refractivity contribution in [2.45, 2.75) is 45.3 Å². The van der Waals surface area contributed by atoms with Crippen molar-refractivity contribution in [1.29, 1.82) is 0 Å². The summed E-state index contributed by atoms with van der Waals surface area (Å²) in [5, 5.41) is 8.15. The number of nitrogens with zero attached hydrogens (tertiary/aromatic N) is 5. The first-order valence-corrected chi connectivity index (χ1v) is 13.8. The SMILES string of the molecule is CCC1CCN(c2cccc3c(Oc4ncncc4-c4ccnc(N[C@@H]5CNC[C@@H](F)C5)n4)c(C)ccc23)C1=O. The van der Waals surface area contributed by atoms with Crippen LogP contribution in [0.15, 0.2) is 55.1 Å². The van der Waals surface area contributed by atoms with Crippen LogP contribution in [0.3, 0.4) is 0 Å². The van der Waals surface area contributed by atoms with E-state index in [2.05, 4.69) is 37.5 Å². The van der Waals surface area contributed by atoms with E-state index in [9.17, 15) is 9.18 Å². The summed E-state index contributed by atoms with van der Waals surface area (Å²) in [5.41, 5.74) is 3.01. The molecule has 10 heteroatoms. The Morgan fingerprint density at radius 2 is 2.05 bits per heavy atom. The monoisotopic (exact) mass is 541 g/mol. The van der Waals surface area contributed by atoms with Crippen molar-refractivity contribution in [2.24, 2.45) is 5.92 Å². The number of carbonyl (C=O) groups is 1. The van der Waals surface area contributed by atoms with Crippen LogP contribution in [-0.4, -0.2) is 57.7 Å². The van der Waals surface area contributed by atoms with Crippen LogP contribution in [0.2, 0.25) is 0 Å². The Balaban J connectivity index is 1.33. The fourth-order valence-corrected chi connectivity index (χ4v) is 5.58. The zero-order valence-corrected chi connectivity index (χ0v) is 22.6. The van der Waals surface area contributed by atoms with Crippen LogP contribution in [-0.2, 0) is 4.79 Å². The number of piperidine rings is 1. The number of aryl methyl sites for hydroxylation is 1. The molecule has 6 rings (SSSR count). The second kappa shape index (κ2) is 11.1. The number of carbonyl (C=O) groups excluding carboxylic acids is 1. The highest BCUT2D eigenvalue weighted by Crippen LogP contribution is 2.40. The summed E-state index contributed by atoms with van der Waals surface area (Å²) in [4.78, 5) is 32.6. The van der Waals surface area contributed by atoms with Crippen molar-refractivity contribution in [3.8, 4) is 22.9 Å². The van der Waals surface area contributed by atoms with Crippen molar-refractivity contribution in [3.63, 3.8) is 0 Å². The number of benzene rings is 2. The predicted octanol–water partition coefficient (Wildman–Crippen LogP) is 5.06. The molecule has 2 fully saturated rings. The van der Waals surface area contributed by atoms with Crippen molar-refractivity contribution in [2.75, 3.05) is 29.9 Å². The lowest BCUT2D eigenvalue weighted by Crippen LogP contribution is -2.44. The van der Waals surface area contributed by atoms with Crippen molar-refractivity contribution in [3.05, 3.63) is 60.7 Å². The number of nitrogens with one attached hydrogen (secondary N) is 2. The van der Waals surface area contributed by atoms with E-state index in [1.807, 2.05) is 42.2 Å². The average Bonchev–Trinajstić information content (AvgIpc) is 3.34. The molecule has 3 atom stereocenters. The van der Waals surface area contributed by atoms with Gasteiger partial charge >= 0.3 is 0 Å². The summed E-state index contributed by atoms with van der Waals surface area (Å²) >= 11 is 0. The Kier molecular flexibility index (Phi) is 7.25. The summed E-state index contributed by atoms with van der Waals surface area (Å²) in [6.07, 6.45) is 5.95. The highest BCUT2D eigenvalue weighted by molar-refractivity contribution is 6.07. The van der Waals surface area contributed by atoms with Gasteiger partial charge in [-0.3, -0.25) is 4.79 Å². The molecule has 40 heavy (non-hydrogen) atoms. The number of amides is 1. The normalized spacial score (nSPS) is 21.1. The molecule has 9 nitrogen and oxygen atoms in total. The van der Waals surface area contributed by atoms with Gasteiger partial charge in [0.05, 0.1) is 16.9 Å². The standard InChI is InChI=1S/C30H32FN7O2/c1-3-19-10-12-38(29(19)39)26-6-4-5-23-22(26)8-7-18(2)27(23)40-28-24(16-33-17-35-28)25-9-11-34-30(37-25)36-21-13-20(31)14-32-15-21/h4-9,11,16-17,19-21,32H,3,10,12-15H2,1-2H3,(H,34,36,37)/t19?,20-,21-/m0/s1. The van der Waals surface area contributed by atoms with Gasteiger partial charge in [-0.05, 0) is 37.5 Å². The molecule has 4 heterocycles. The third-order valence-electron chi connectivity index (χ3n) is 7.72. The fraction of sp³-hybridized carbons (Fsp3) is 0.367. The topological polar surface area (TPSA) is 105 Å². The minimum absolute atomic E-state index is 0.0695. The van der Waals surface area contributed by atoms with Crippen LogP contribution in [0, 0.1) is 12.8 Å². The van der Waals surface area contributed by atoms with Crippen molar-refractivity contribution in [1.82, 2.24) is 25.3 Å². The van der Waals surface area contributed by atoms with Gasteiger partial charge in [-0.25, -0.2) is 24.3 Å². The van der Waals surface area contributed by atoms with E-state index in [1.165, 1.54) is 6.33 Å². The molecular formula is C30H32FN7O2. The fourth-order valence-electron chi connectivity index (χ4n) is 5.58. The lowest BCUT2D eigenvalue weighted by Gasteiger charge is -2.26. The summed E-state index contributed by atoms with van der Waals surface area (Å²) in [5.74, 6) is 1.66. The maximum atomic E-state index is 13.9. The molecule has 2 saturated heterocycles. The summed E-state index contributed by atoms with van der Waals surface area (Å²) in [6.45, 7) is 5.77.